The van der Waals surface area contributed by atoms with Crippen LogP contribution in [-0.4, -0.2) is 12.5 Å². The lowest BCUT2D eigenvalue weighted by atomic mass is 9.84. The summed E-state index contributed by atoms with van der Waals surface area (Å²) in [5, 5.41) is 2.97. The molecule has 19 heavy (non-hydrogen) atoms. The summed E-state index contributed by atoms with van der Waals surface area (Å²) < 4.78 is 1.01. The van der Waals surface area contributed by atoms with Gasteiger partial charge in [-0.05, 0) is 42.5 Å². The van der Waals surface area contributed by atoms with Crippen molar-refractivity contribution >= 4 is 27.5 Å². The van der Waals surface area contributed by atoms with E-state index in [1.807, 2.05) is 25.1 Å². The number of nitrogens with two attached hydrogens (primary N) is 1. The lowest BCUT2D eigenvalue weighted by molar-refractivity contribution is -0.120. The predicted molar refractivity (Wildman–Crippen MR) is 84.1 cm³/mol. The average Bonchev–Trinajstić information content (AvgIpc) is 2.28. The van der Waals surface area contributed by atoms with Gasteiger partial charge < -0.3 is 11.1 Å². The number of aryl methyl sites for hydroxylation is 1. The molecule has 0 radical (unpaired) electrons. The molecule has 0 saturated heterocycles. The highest BCUT2D eigenvalue weighted by Gasteiger charge is 2.24. The molecule has 3 N–H and O–H groups in total. The van der Waals surface area contributed by atoms with Crippen molar-refractivity contribution in [1.82, 2.24) is 0 Å². The lowest BCUT2D eigenvalue weighted by Crippen LogP contribution is -2.32. The largest absolute Gasteiger partial charge is 0.330 e. The van der Waals surface area contributed by atoms with Crippen LogP contribution in [0, 0.1) is 18.3 Å². The molecule has 0 aliphatic rings. The molecule has 1 aromatic rings. The van der Waals surface area contributed by atoms with Crippen LogP contribution in [0.4, 0.5) is 5.69 Å². The molecule has 0 bridgehead atoms. The van der Waals surface area contributed by atoms with Crippen LogP contribution in [0.25, 0.3) is 0 Å². The highest BCUT2D eigenvalue weighted by Crippen LogP contribution is 2.26. The SMILES string of the molecule is Cc1cc(Br)ccc1NC(=O)C(CN)CC(C)(C)C. The molecular weight excluding hydrogens is 304 g/mol. The van der Waals surface area contributed by atoms with E-state index in [1.54, 1.807) is 0 Å². The molecule has 106 valence electrons. The maximum Gasteiger partial charge on any atom is 0.228 e. The average molecular weight is 327 g/mol. The highest BCUT2D eigenvalue weighted by atomic mass is 79.9. The molecule has 0 aromatic heterocycles. The summed E-state index contributed by atoms with van der Waals surface area (Å²) in [6.07, 6.45) is 0.783. The van der Waals surface area contributed by atoms with Crippen molar-refractivity contribution in [3.05, 3.63) is 28.2 Å². The van der Waals surface area contributed by atoms with Gasteiger partial charge in [0, 0.05) is 16.7 Å². The Hall–Kier alpha value is -0.870. The van der Waals surface area contributed by atoms with Gasteiger partial charge in [-0.2, -0.15) is 0 Å². The van der Waals surface area contributed by atoms with E-state index in [1.165, 1.54) is 0 Å². The summed E-state index contributed by atoms with van der Waals surface area (Å²) in [6.45, 7) is 8.70. The number of rotatable bonds is 4. The molecule has 1 rings (SSSR count). The summed E-state index contributed by atoms with van der Waals surface area (Å²) in [6, 6.07) is 5.81. The summed E-state index contributed by atoms with van der Waals surface area (Å²) >= 11 is 3.41. The van der Waals surface area contributed by atoms with Crippen molar-refractivity contribution in [2.24, 2.45) is 17.1 Å². The Balaban J connectivity index is 2.77. The molecule has 0 fully saturated rings. The minimum Gasteiger partial charge on any atom is -0.330 e. The van der Waals surface area contributed by atoms with Gasteiger partial charge in [0.15, 0.2) is 0 Å². The van der Waals surface area contributed by atoms with Crippen molar-refractivity contribution in [1.29, 1.82) is 0 Å². The van der Waals surface area contributed by atoms with Gasteiger partial charge in [0.1, 0.15) is 0 Å². The number of carbonyl (C=O) groups excluding carboxylic acids is 1. The number of nitrogens with one attached hydrogen (secondary N) is 1. The van der Waals surface area contributed by atoms with E-state index < -0.39 is 0 Å². The van der Waals surface area contributed by atoms with Crippen LogP contribution < -0.4 is 11.1 Å². The summed E-state index contributed by atoms with van der Waals surface area (Å²) in [5.41, 5.74) is 7.71. The van der Waals surface area contributed by atoms with E-state index in [4.69, 9.17) is 5.73 Å². The normalized spacial score (nSPS) is 13.2. The number of hydrogen-bond donors (Lipinski definition) is 2. The Morgan fingerprint density at radius 3 is 2.53 bits per heavy atom. The fourth-order valence-corrected chi connectivity index (χ4v) is 2.50. The van der Waals surface area contributed by atoms with Gasteiger partial charge in [-0.25, -0.2) is 0 Å². The van der Waals surface area contributed by atoms with Gasteiger partial charge in [0.05, 0.1) is 5.92 Å². The van der Waals surface area contributed by atoms with Crippen LogP contribution in [0.3, 0.4) is 0 Å². The van der Waals surface area contributed by atoms with Crippen LogP contribution >= 0.6 is 15.9 Å². The van der Waals surface area contributed by atoms with Crippen molar-refractivity contribution in [2.75, 3.05) is 11.9 Å². The zero-order chi connectivity index (χ0) is 14.6. The quantitative estimate of drug-likeness (QED) is 0.886. The number of benzene rings is 1. The molecule has 0 heterocycles. The van der Waals surface area contributed by atoms with Crippen LogP contribution in [0.1, 0.15) is 32.8 Å². The topological polar surface area (TPSA) is 55.1 Å². The molecule has 0 saturated carbocycles. The van der Waals surface area contributed by atoms with Crippen LogP contribution in [-0.2, 0) is 4.79 Å². The number of hydrogen-bond acceptors (Lipinski definition) is 2. The van der Waals surface area contributed by atoms with Crippen molar-refractivity contribution in [3.8, 4) is 0 Å². The highest BCUT2D eigenvalue weighted by molar-refractivity contribution is 9.10. The minimum atomic E-state index is -0.150. The first-order chi connectivity index (χ1) is 8.73. The number of carbonyl (C=O) groups is 1. The van der Waals surface area contributed by atoms with Gasteiger partial charge >= 0.3 is 0 Å². The zero-order valence-corrected chi connectivity index (χ0v) is 13.7. The first-order valence-electron chi connectivity index (χ1n) is 6.50. The second-order valence-electron chi connectivity index (χ2n) is 6.15. The van der Waals surface area contributed by atoms with Crippen LogP contribution in [0.2, 0.25) is 0 Å². The van der Waals surface area contributed by atoms with E-state index in [9.17, 15) is 4.79 Å². The molecule has 0 aliphatic heterocycles. The standard InChI is InChI=1S/C15H23BrN2O/c1-10-7-12(16)5-6-13(10)18-14(19)11(9-17)8-15(2,3)4/h5-7,11H,8-9,17H2,1-4H3,(H,18,19). The van der Waals surface area contributed by atoms with Crippen LogP contribution in [0.5, 0.6) is 0 Å². The molecule has 0 spiro atoms. The van der Waals surface area contributed by atoms with E-state index in [0.29, 0.717) is 6.54 Å². The molecule has 1 unspecified atom stereocenters. The fourth-order valence-electron chi connectivity index (χ4n) is 2.02. The third kappa shape index (κ3) is 5.33. The third-order valence-corrected chi connectivity index (χ3v) is 3.45. The van der Waals surface area contributed by atoms with Crippen molar-refractivity contribution in [2.45, 2.75) is 34.1 Å². The van der Waals surface area contributed by atoms with E-state index >= 15 is 0 Å². The zero-order valence-electron chi connectivity index (χ0n) is 12.1. The Labute approximate surface area is 124 Å². The molecule has 3 nitrogen and oxygen atoms in total. The fraction of sp³-hybridized carbons (Fsp3) is 0.533. The molecule has 1 amide bonds. The van der Waals surface area contributed by atoms with Gasteiger partial charge in [-0.15, -0.1) is 0 Å². The summed E-state index contributed by atoms with van der Waals surface area (Å²) in [7, 11) is 0. The van der Waals surface area contributed by atoms with Gasteiger partial charge in [-0.1, -0.05) is 36.7 Å². The Kier molecular flexibility index (Phi) is 5.56. The third-order valence-electron chi connectivity index (χ3n) is 2.96. The van der Waals surface area contributed by atoms with Gasteiger partial charge in [-0.3, -0.25) is 4.79 Å². The molecule has 1 atom stereocenters. The van der Waals surface area contributed by atoms with Crippen molar-refractivity contribution in [3.63, 3.8) is 0 Å². The van der Waals surface area contributed by atoms with E-state index in [0.717, 1.165) is 22.1 Å². The Morgan fingerprint density at radius 2 is 2.05 bits per heavy atom. The Bertz CT molecular complexity index is 452. The number of amides is 1. The number of anilines is 1. The van der Waals surface area contributed by atoms with E-state index in [-0.39, 0.29) is 17.2 Å². The monoisotopic (exact) mass is 326 g/mol. The molecular formula is C15H23BrN2O. The lowest BCUT2D eigenvalue weighted by Gasteiger charge is -2.24. The van der Waals surface area contributed by atoms with Crippen molar-refractivity contribution < 1.29 is 4.79 Å². The van der Waals surface area contributed by atoms with Gasteiger partial charge in [0.2, 0.25) is 5.91 Å². The van der Waals surface area contributed by atoms with Crippen LogP contribution in [0.15, 0.2) is 22.7 Å². The van der Waals surface area contributed by atoms with Gasteiger partial charge in [0.25, 0.3) is 0 Å². The van der Waals surface area contributed by atoms with E-state index in [2.05, 4.69) is 42.0 Å². The minimum absolute atomic E-state index is 0.00264. The Morgan fingerprint density at radius 1 is 1.42 bits per heavy atom. The molecule has 0 aliphatic carbocycles. The first kappa shape index (κ1) is 16.2. The summed E-state index contributed by atoms with van der Waals surface area (Å²) in [5.74, 6) is -0.147. The molecule has 4 heteroatoms. The maximum atomic E-state index is 12.3. The summed E-state index contributed by atoms with van der Waals surface area (Å²) in [4.78, 5) is 12.3. The predicted octanol–water partition coefficient (Wildman–Crippen LogP) is 3.71. The first-order valence-corrected chi connectivity index (χ1v) is 7.29. The maximum absolute atomic E-state index is 12.3. The second kappa shape index (κ2) is 6.53. The molecule has 1 aromatic carbocycles. The second-order valence-corrected chi connectivity index (χ2v) is 7.06. The smallest absolute Gasteiger partial charge is 0.228 e. The number of halogens is 1.